The number of carbonyl (C=O) groups excluding carboxylic acids is 5. The summed E-state index contributed by atoms with van der Waals surface area (Å²) in [4.78, 5) is 63.0. The van der Waals surface area contributed by atoms with Gasteiger partial charge in [-0.05, 0) is 70.7 Å². The fourth-order valence-electron chi connectivity index (χ4n) is 4.22. The number of hydrogen-bond acceptors (Lipinski definition) is 7. The number of urea groups is 1. The Labute approximate surface area is 204 Å². The van der Waals surface area contributed by atoms with Crippen molar-refractivity contribution in [3.8, 4) is 5.75 Å². The molecule has 1 aromatic carbocycles. The number of likely N-dealkylation sites (tertiary alicyclic amines) is 1. The molecule has 0 radical (unpaired) electrons. The Morgan fingerprint density at radius 3 is 2.29 bits per heavy atom. The van der Waals surface area contributed by atoms with Crippen LogP contribution in [0.25, 0.3) is 0 Å². The zero-order valence-corrected chi connectivity index (χ0v) is 20.5. The third-order valence-corrected chi connectivity index (χ3v) is 6.47. The van der Waals surface area contributed by atoms with Crippen molar-refractivity contribution in [2.24, 2.45) is 0 Å². The molecule has 11 heteroatoms. The molecule has 2 N–H and O–H groups in total. The van der Waals surface area contributed by atoms with E-state index < -0.39 is 36.0 Å². The van der Waals surface area contributed by atoms with Crippen LogP contribution in [0, 0.1) is 0 Å². The van der Waals surface area contributed by atoms with Crippen LogP contribution in [0.3, 0.4) is 0 Å². The zero-order chi connectivity index (χ0) is 25.8. The lowest BCUT2D eigenvalue weighted by Gasteiger charge is -2.38. The van der Waals surface area contributed by atoms with Gasteiger partial charge in [0.1, 0.15) is 11.3 Å². The van der Waals surface area contributed by atoms with Gasteiger partial charge in [-0.1, -0.05) is 6.92 Å². The number of piperidine rings is 1. The molecule has 190 valence electrons. The molecular weight excluding hydrogens is 456 g/mol. The van der Waals surface area contributed by atoms with Gasteiger partial charge in [0.2, 0.25) is 0 Å². The average molecular weight is 489 g/mol. The molecule has 2 heterocycles. The fraction of sp³-hybridized carbons (Fsp3) is 0.542. The molecule has 2 saturated heterocycles. The van der Waals surface area contributed by atoms with Gasteiger partial charge in [-0.25, -0.2) is 9.59 Å². The molecule has 2 aliphatic rings. The first kappa shape index (κ1) is 26.0. The molecule has 0 unspecified atom stereocenters. The lowest BCUT2D eigenvalue weighted by atomic mass is 9.97. The summed E-state index contributed by atoms with van der Waals surface area (Å²) in [6, 6.07) is 5.58. The maximum atomic E-state index is 12.6. The minimum absolute atomic E-state index is 0.0800. The zero-order valence-electron chi connectivity index (χ0n) is 20.5. The maximum Gasteiger partial charge on any atom is 0.344 e. The van der Waals surface area contributed by atoms with Crippen molar-refractivity contribution >= 4 is 29.7 Å². The Balaban J connectivity index is 1.46. The summed E-state index contributed by atoms with van der Waals surface area (Å²) in [6.07, 6.45) is 3.41. The van der Waals surface area contributed by atoms with E-state index in [9.17, 15) is 24.0 Å². The van der Waals surface area contributed by atoms with Gasteiger partial charge in [-0.2, -0.15) is 5.01 Å². The third kappa shape index (κ3) is 5.90. The topological polar surface area (TPSA) is 134 Å². The van der Waals surface area contributed by atoms with Gasteiger partial charge in [-0.3, -0.25) is 19.8 Å². The van der Waals surface area contributed by atoms with Crippen LogP contribution in [-0.4, -0.2) is 70.5 Å². The number of carbonyl (C=O) groups is 5. The standard InChI is InChI=1S/C24H32N4O7/c1-5-24(4)22(32)28(23(33)25-24)26-19(29)13-35-21(31)17-9-11-18(12-10-17)34-14-20(30)27-15(2)7-6-8-16(27)3/h9-12,15-16H,5-8,13-14H2,1-4H3,(H,25,33)(H,26,29)/t15-,16+,24-/m1/s1. The largest absolute Gasteiger partial charge is 0.484 e. The predicted molar refractivity (Wildman–Crippen MR) is 124 cm³/mol. The molecule has 35 heavy (non-hydrogen) atoms. The van der Waals surface area contributed by atoms with Crippen molar-refractivity contribution in [1.29, 1.82) is 0 Å². The summed E-state index contributed by atoms with van der Waals surface area (Å²) >= 11 is 0. The first-order valence-corrected chi connectivity index (χ1v) is 11.7. The first-order valence-electron chi connectivity index (χ1n) is 11.7. The van der Waals surface area contributed by atoms with Crippen LogP contribution in [0.4, 0.5) is 4.79 Å². The Hall–Kier alpha value is -3.63. The molecule has 0 bridgehead atoms. The second kappa shape index (κ2) is 10.7. The molecule has 0 aliphatic carbocycles. The smallest absolute Gasteiger partial charge is 0.344 e. The molecular formula is C24H32N4O7. The number of rotatable bonds is 8. The first-order chi connectivity index (χ1) is 16.6. The molecule has 3 atom stereocenters. The van der Waals surface area contributed by atoms with E-state index in [1.807, 2.05) is 18.7 Å². The monoisotopic (exact) mass is 488 g/mol. The Bertz CT molecular complexity index is 986. The van der Waals surface area contributed by atoms with Gasteiger partial charge in [-0.15, -0.1) is 0 Å². The summed E-state index contributed by atoms with van der Waals surface area (Å²) in [5.74, 6) is -1.86. The Kier molecular flexibility index (Phi) is 7.98. The van der Waals surface area contributed by atoms with E-state index in [-0.39, 0.29) is 30.2 Å². The minimum Gasteiger partial charge on any atom is -0.484 e. The Morgan fingerprint density at radius 2 is 1.71 bits per heavy atom. The van der Waals surface area contributed by atoms with Gasteiger partial charge >= 0.3 is 12.0 Å². The maximum absolute atomic E-state index is 12.6. The lowest BCUT2D eigenvalue weighted by Crippen LogP contribution is -2.49. The van der Waals surface area contributed by atoms with Gasteiger partial charge in [0.15, 0.2) is 13.2 Å². The number of benzene rings is 1. The van der Waals surface area contributed by atoms with Crippen LogP contribution in [0.1, 0.15) is 63.7 Å². The number of esters is 1. The molecule has 3 rings (SSSR count). The fourth-order valence-corrected chi connectivity index (χ4v) is 4.22. The van der Waals surface area contributed by atoms with Crippen LogP contribution in [0.5, 0.6) is 5.75 Å². The molecule has 1 aromatic rings. The summed E-state index contributed by atoms with van der Waals surface area (Å²) in [5, 5.41) is 3.08. The normalized spacial score (nSPS) is 24.1. The van der Waals surface area contributed by atoms with Crippen molar-refractivity contribution in [3.63, 3.8) is 0 Å². The number of nitrogens with zero attached hydrogens (tertiary/aromatic N) is 2. The quantitative estimate of drug-likeness (QED) is 0.421. The van der Waals surface area contributed by atoms with E-state index in [1.165, 1.54) is 24.3 Å². The highest BCUT2D eigenvalue weighted by Crippen LogP contribution is 2.23. The minimum atomic E-state index is -1.10. The van der Waals surface area contributed by atoms with Gasteiger partial charge in [0.05, 0.1) is 5.56 Å². The van der Waals surface area contributed by atoms with E-state index in [1.54, 1.807) is 13.8 Å². The highest BCUT2D eigenvalue weighted by Gasteiger charge is 2.47. The van der Waals surface area contributed by atoms with Crippen molar-refractivity contribution < 1.29 is 33.4 Å². The number of nitrogens with one attached hydrogen (secondary N) is 2. The highest BCUT2D eigenvalue weighted by atomic mass is 16.5. The van der Waals surface area contributed by atoms with Crippen molar-refractivity contribution in [2.75, 3.05) is 13.2 Å². The number of hydrogen-bond donors (Lipinski definition) is 2. The van der Waals surface area contributed by atoms with Crippen molar-refractivity contribution in [1.82, 2.24) is 20.7 Å². The van der Waals surface area contributed by atoms with Crippen LogP contribution in [-0.2, 0) is 19.1 Å². The molecule has 0 saturated carbocycles. The van der Waals surface area contributed by atoms with E-state index in [2.05, 4.69) is 10.7 Å². The second-order valence-electron chi connectivity index (χ2n) is 9.11. The van der Waals surface area contributed by atoms with Crippen LogP contribution in [0.2, 0.25) is 0 Å². The van der Waals surface area contributed by atoms with Crippen molar-refractivity contribution in [3.05, 3.63) is 29.8 Å². The third-order valence-electron chi connectivity index (χ3n) is 6.47. The SMILES string of the molecule is CC[C@@]1(C)NC(=O)N(NC(=O)COC(=O)c2ccc(OCC(=O)N3[C@H](C)CCC[C@@H]3C)cc2)C1=O. The van der Waals surface area contributed by atoms with E-state index in [4.69, 9.17) is 9.47 Å². The molecule has 2 fully saturated rings. The van der Waals surface area contributed by atoms with E-state index in [0.29, 0.717) is 17.2 Å². The highest BCUT2D eigenvalue weighted by molar-refractivity contribution is 6.07. The van der Waals surface area contributed by atoms with Crippen LogP contribution < -0.4 is 15.5 Å². The predicted octanol–water partition coefficient (Wildman–Crippen LogP) is 1.76. The molecule has 2 aliphatic heterocycles. The van der Waals surface area contributed by atoms with Crippen LogP contribution in [0.15, 0.2) is 24.3 Å². The summed E-state index contributed by atoms with van der Waals surface area (Å²) in [6.45, 7) is 6.57. The van der Waals surface area contributed by atoms with E-state index in [0.717, 1.165) is 19.3 Å². The number of amides is 5. The van der Waals surface area contributed by atoms with E-state index >= 15 is 0 Å². The number of imide groups is 1. The second-order valence-corrected chi connectivity index (χ2v) is 9.11. The van der Waals surface area contributed by atoms with Gasteiger partial charge < -0.3 is 19.7 Å². The molecule has 0 spiro atoms. The van der Waals surface area contributed by atoms with Crippen LogP contribution >= 0.6 is 0 Å². The Morgan fingerprint density at radius 1 is 1.09 bits per heavy atom. The average Bonchev–Trinajstić information content (AvgIpc) is 3.04. The summed E-state index contributed by atoms with van der Waals surface area (Å²) < 4.78 is 10.6. The lowest BCUT2D eigenvalue weighted by molar-refractivity contribution is -0.140. The number of hydrazine groups is 1. The van der Waals surface area contributed by atoms with Gasteiger partial charge in [0, 0.05) is 12.1 Å². The molecule has 5 amide bonds. The number of ether oxygens (including phenoxy) is 2. The van der Waals surface area contributed by atoms with Gasteiger partial charge in [0.25, 0.3) is 17.7 Å². The summed E-state index contributed by atoms with van der Waals surface area (Å²) in [5.41, 5.74) is 1.22. The van der Waals surface area contributed by atoms with Crippen molar-refractivity contribution in [2.45, 2.75) is 71.0 Å². The summed E-state index contributed by atoms with van der Waals surface area (Å²) in [7, 11) is 0. The molecule has 0 aromatic heterocycles. The molecule has 11 nitrogen and oxygen atoms in total.